The van der Waals surface area contributed by atoms with Crippen molar-refractivity contribution in [1.82, 2.24) is 0 Å². The quantitative estimate of drug-likeness (QED) is 0.804. The Morgan fingerprint density at radius 3 is 2.19 bits per heavy atom. The fourth-order valence-corrected chi connectivity index (χ4v) is 3.89. The van der Waals surface area contributed by atoms with Crippen molar-refractivity contribution in [3.8, 4) is 5.75 Å². The molecule has 0 aliphatic carbocycles. The van der Waals surface area contributed by atoms with Gasteiger partial charge in [0, 0.05) is 5.56 Å². The normalized spacial score (nSPS) is 11.1. The van der Waals surface area contributed by atoms with Crippen molar-refractivity contribution in [2.45, 2.75) is 20.8 Å². The van der Waals surface area contributed by atoms with E-state index < -0.39 is 7.80 Å². The maximum Gasteiger partial charge on any atom is 0.247 e. The second-order valence-corrected chi connectivity index (χ2v) is 6.52. The number of carbonyl (C=O) groups excluding carboxylic acids is 1. The Labute approximate surface area is 125 Å². The Morgan fingerprint density at radius 1 is 1.05 bits per heavy atom. The zero-order chi connectivity index (χ0) is 15.6. The van der Waals surface area contributed by atoms with E-state index in [1.807, 2.05) is 32.9 Å². The molecule has 0 bridgehead atoms. The highest BCUT2D eigenvalue weighted by Gasteiger charge is 2.23. The van der Waals surface area contributed by atoms with Crippen LogP contribution in [-0.2, 0) is 4.57 Å². The minimum absolute atomic E-state index is 0.343. The van der Waals surface area contributed by atoms with Crippen LogP contribution in [-0.4, -0.2) is 12.6 Å². The summed E-state index contributed by atoms with van der Waals surface area (Å²) in [4.78, 5) is 12.6. The first-order valence-electron chi connectivity index (χ1n) is 6.68. The number of hydrogen-bond acceptors (Lipinski definition) is 3. The van der Waals surface area contributed by atoms with Crippen LogP contribution in [0.1, 0.15) is 27.0 Å². The molecule has 0 amide bonds. The summed E-state index contributed by atoms with van der Waals surface area (Å²) in [7, 11) is -0.687. The second-order valence-electron chi connectivity index (χ2n) is 5.05. The number of rotatable bonds is 4. The summed E-state index contributed by atoms with van der Waals surface area (Å²) in [5.41, 5.74) is 3.01. The molecule has 2 aromatic rings. The summed E-state index contributed by atoms with van der Waals surface area (Å²) in [5.74, 6) is 0.481. The number of benzene rings is 2. The van der Waals surface area contributed by atoms with Crippen molar-refractivity contribution in [3.63, 3.8) is 0 Å². The molecule has 0 fully saturated rings. The topological polar surface area (TPSA) is 43.4 Å². The van der Waals surface area contributed by atoms with E-state index in [0.29, 0.717) is 16.6 Å². The van der Waals surface area contributed by atoms with E-state index in [1.54, 1.807) is 24.3 Å². The molecule has 0 spiro atoms. The molecule has 21 heavy (non-hydrogen) atoms. The van der Waals surface area contributed by atoms with E-state index >= 15 is 0 Å². The van der Waals surface area contributed by atoms with Gasteiger partial charge in [0.05, 0.1) is 12.4 Å². The minimum atomic E-state index is -2.20. The van der Waals surface area contributed by atoms with E-state index in [2.05, 4.69) is 0 Å². The Balaban J connectivity index is 2.48. The lowest BCUT2D eigenvalue weighted by Crippen LogP contribution is -2.09. The van der Waals surface area contributed by atoms with Gasteiger partial charge in [-0.3, -0.25) is 9.36 Å². The molecule has 2 rings (SSSR count). The molecule has 0 N–H and O–H groups in total. The molecule has 0 aliphatic heterocycles. The summed E-state index contributed by atoms with van der Waals surface area (Å²) in [5, 5.41) is 0.444. The predicted octanol–water partition coefficient (Wildman–Crippen LogP) is 3.91. The van der Waals surface area contributed by atoms with Gasteiger partial charge in [-0.25, -0.2) is 0 Å². The SMILES string of the molecule is COc1ccccc1[P](=O)C(=O)c1c(C)cc(C)cc1C. The van der Waals surface area contributed by atoms with Crippen molar-refractivity contribution >= 4 is 18.6 Å². The summed E-state index contributed by atoms with van der Waals surface area (Å²) >= 11 is 0. The van der Waals surface area contributed by atoms with Crippen LogP contribution in [0.5, 0.6) is 5.75 Å². The molecule has 109 valence electrons. The van der Waals surface area contributed by atoms with Crippen LogP contribution < -0.4 is 10.0 Å². The van der Waals surface area contributed by atoms with Crippen LogP contribution in [0, 0.1) is 20.8 Å². The molecular formula is C17H18O3P. The number of ether oxygens (including phenoxy) is 1. The highest BCUT2D eigenvalue weighted by molar-refractivity contribution is 7.71. The molecular weight excluding hydrogens is 283 g/mol. The Hall–Kier alpha value is -1.99. The van der Waals surface area contributed by atoms with E-state index in [0.717, 1.165) is 16.7 Å². The van der Waals surface area contributed by atoms with Crippen LogP contribution >= 0.6 is 7.80 Å². The van der Waals surface area contributed by atoms with Crippen molar-refractivity contribution < 1.29 is 14.1 Å². The third kappa shape index (κ3) is 3.03. The van der Waals surface area contributed by atoms with Crippen molar-refractivity contribution in [2.24, 2.45) is 0 Å². The highest BCUT2D eigenvalue weighted by atomic mass is 31.1. The molecule has 0 saturated carbocycles. The minimum Gasteiger partial charge on any atom is -0.496 e. The molecule has 0 aromatic heterocycles. The van der Waals surface area contributed by atoms with Crippen LogP contribution in [0.2, 0.25) is 0 Å². The first-order valence-corrected chi connectivity index (χ1v) is 7.94. The largest absolute Gasteiger partial charge is 0.496 e. The molecule has 1 unspecified atom stereocenters. The van der Waals surface area contributed by atoms with Gasteiger partial charge in [0.2, 0.25) is 5.52 Å². The van der Waals surface area contributed by atoms with Gasteiger partial charge in [0.15, 0.2) is 7.80 Å². The Kier molecular flexibility index (Phi) is 4.54. The lowest BCUT2D eigenvalue weighted by atomic mass is 10.0. The molecule has 1 atom stereocenters. The van der Waals surface area contributed by atoms with Crippen molar-refractivity contribution in [3.05, 3.63) is 58.7 Å². The fraction of sp³-hybridized carbons (Fsp3) is 0.235. The highest BCUT2D eigenvalue weighted by Crippen LogP contribution is 2.33. The van der Waals surface area contributed by atoms with Crippen LogP contribution in [0.3, 0.4) is 0 Å². The lowest BCUT2D eigenvalue weighted by molar-refractivity contribution is 0.107. The molecule has 0 aliphatic rings. The first-order chi connectivity index (χ1) is 9.95. The van der Waals surface area contributed by atoms with E-state index in [4.69, 9.17) is 4.74 Å². The smallest absolute Gasteiger partial charge is 0.247 e. The third-order valence-electron chi connectivity index (χ3n) is 3.38. The average molecular weight is 301 g/mol. The number of para-hydroxylation sites is 1. The predicted molar refractivity (Wildman–Crippen MR) is 85.2 cm³/mol. The van der Waals surface area contributed by atoms with E-state index in [-0.39, 0.29) is 5.52 Å². The Bertz CT molecular complexity index is 697. The molecule has 2 aromatic carbocycles. The molecule has 4 heteroatoms. The number of hydrogen-bond donors (Lipinski definition) is 0. The second kappa shape index (κ2) is 6.19. The number of methoxy groups -OCH3 is 1. The van der Waals surface area contributed by atoms with Gasteiger partial charge in [0.1, 0.15) is 5.75 Å². The van der Waals surface area contributed by atoms with Gasteiger partial charge in [-0.1, -0.05) is 29.8 Å². The van der Waals surface area contributed by atoms with Gasteiger partial charge in [-0.2, -0.15) is 0 Å². The zero-order valence-electron chi connectivity index (χ0n) is 12.6. The van der Waals surface area contributed by atoms with Crippen molar-refractivity contribution in [1.29, 1.82) is 0 Å². The maximum atomic E-state index is 12.6. The number of carbonyl (C=O) groups is 1. The van der Waals surface area contributed by atoms with Gasteiger partial charge in [-0.15, -0.1) is 0 Å². The van der Waals surface area contributed by atoms with E-state index in [9.17, 15) is 9.36 Å². The van der Waals surface area contributed by atoms with Crippen LogP contribution in [0.15, 0.2) is 36.4 Å². The van der Waals surface area contributed by atoms with Crippen LogP contribution in [0.4, 0.5) is 0 Å². The third-order valence-corrected chi connectivity index (χ3v) is 4.78. The first kappa shape index (κ1) is 15.4. The van der Waals surface area contributed by atoms with Crippen molar-refractivity contribution in [2.75, 3.05) is 7.11 Å². The molecule has 0 saturated heterocycles. The fourth-order valence-electron chi connectivity index (χ4n) is 2.53. The molecule has 3 nitrogen and oxygen atoms in total. The Morgan fingerprint density at radius 2 is 1.62 bits per heavy atom. The molecule has 1 radical (unpaired) electrons. The standard InChI is InChI=1S/C17H18O3P/c1-11-9-12(2)16(13(3)10-11)17(18)21(19)15-8-6-5-7-14(15)20-4/h5-10H,1-4H3. The summed E-state index contributed by atoms with van der Waals surface area (Å²) in [6.45, 7) is 5.73. The summed E-state index contributed by atoms with van der Waals surface area (Å²) in [6, 6.07) is 10.8. The summed E-state index contributed by atoms with van der Waals surface area (Å²) in [6.07, 6.45) is 0. The maximum absolute atomic E-state index is 12.6. The van der Waals surface area contributed by atoms with Gasteiger partial charge >= 0.3 is 0 Å². The van der Waals surface area contributed by atoms with E-state index in [1.165, 1.54) is 7.11 Å². The monoisotopic (exact) mass is 301 g/mol. The summed E-state index contributed by atoms with van der Waals surface area (Å²) < 4.78 is 17.8. The molecule has 0 heterocycles. The van der Waals surface area contributed by atoms with Crippen LogP contribution in [0.25, 0.3) is 0 Å². The zero-order valence-corrected chi connectivity index (χ0v) is 13.5. The number of aryl methyl sites for hydroxylation is 3. The van der Waals surface area contributed by atoms with Gasteiger partial charge < -0.3 is 4.74 Å². The lowest BCUT2D eigenvalue weighted by Gasteiger charge is -2.11. The van der Waals surface area contributed by atoms with Gasteiger partial charge in [0.25, 0.3) is 0 Å². The van der Waals surface area contributed by atoms with Gasteiger partial charge in [-0.05, 0) is 44.0 Å². The average Bonchev–Trinajstić information content (AvgIpc) is 2.45.